The van der Waals surface area contributed by atoms with Crippen LogP contribution >= 0.6 is 23.1 Å². The Morgan fingerprint density at radius 3 is 2.87 bits per heavy atom. The van der Waals surface area contributed by atoms with Crippen molar-refractivity contribution in [2.45, 2.75) is 42.7 Å². The van der Waals surface area contributed by atoms with Crippen molar-refractivity contribution in [3.8, 4) is 0 Å². The van der Waals surface area contributed by atoms with Crippen LogP contribution in [0, 0.1) is 17.0 Å². The Morgan fingerprint density at radius 2 is 2.11 bits per heavy atom. The predicted octanol–water partition coefficient (Wildman–Crippen LogP) is 5.48. The van der Waals surface area contributed by atoms with Crippen molar-refractivity contribution in [3.63, 3.8) is 0 Å². The zero-order chi connectivity index (χ0) is 26.6. The number of nitrogens with one attached hydrogen (secondary N) is 2. The molecule has 192 valence electrons. The van der Waals surface area contributed by atoms with Gasteiger partial charge >= 0.3 is 0 Å². The number of anilines is 1. The van der Waals surface area contributed by atoms with E-state index in [2.05, 4.69) is 25.3 Å². The Morgan fingerprint density at radius 1 is 1.26 bits per heavy atom. The zero-order valence-corrected chi connectivity index (χ0v) is 21.9. The topological polar surface area (TPSA) is 143 Å². The minimum atomic E-state index is -0.477. The molecule has 12 heteroatoms. The van der Waals surface area contributed by atoms with Crippen LogP contribution in [0.2, 0.25) is 0 Å². The number of carbonyl (C=O) groups excluding carboxylic acids is 1. The normalized spacial score (nSPS) is 12.9. The van der Waals surface area contributed by atoms with Gasteiger partial charge in [0.1, 0.15) is 5.00 Å². The average Bonchev–Trinajstić information content (AvgIpc) is 3.26. The van der Waals surface area contributed by atoms with Crippen LogP contribution in [0.3, 0.4) is 0 Å². The molecule has 0 unspecified atom stereocenters. The third-order valence-corrected chi connectivity index (χ3v) is 8.06. The fourth-order valence-corrected chi connectivity index (χ4v) is 6.33. The lowest BCUT2D eigenvalue weighted by Crippen LogP contribution is -2.15. The van der Waals surface area contributed by atoms with E-state index in [9.17, 15) is 19.7 Å². The number of nitrogens with zero attached hydrogens (tertiary/aromatic N) is 4. The van der Waals surface area contributed by atoms with Crippen LogP contribution < -0.4 is 10.9 Å². The molecule has 1 aliphatic carbocycles. The van der Waals surface area contributed by atoms with Crippen LogP contribution in [0.4, 0.5) is 16.4 Å². The summed E-state index contributed by atoms with van der Waals surface area (Å²) in [7, 11) is 0. The summed E-state index contributed by atoms with van der Waals surface area (Å²) >= 11 is 2.64. The summed E-state index contributed by atoms with van der Waals surface area (Å²) in [6, 6.07) is 9.31. The molecule has 1 amide bonds. The monoisotopic (exact) mass is 546 g/mol. The largest absolute Gasteiger partial charge is 0.320 e. The second-order valence-corrected chi connectivity index (χ2v) is 10.7. The van der Waals surface area contributed by atoms with Gasteiger partial charge < -0.3 is 10.3 Å². The lowest BCUT2D eigenvalue weighted by Gasteiger charge is -2.12. The highest BCUT2D eigenvalue weighted by atomic mass is 32.2. The van der Waals surface area contributed by atoms with Gasteiger partial charge in [-0.1, -0.05) is 11.8 Å². The molecule has 10 nitrogen and oxygen atoms in total. The number of hydrogen-bond acceptors (Lipinski definition) is 9. The molecule has 5 rings (SSSR count). The summed E-state index contributed by atoms with van der Waals surface area (Å²) in [4.78, 5) is 53.8. The molecule has 0 saturated heterocycles. The lowest BCUT2D eigenvalue weighted by molar-refractivity contribution is -0.384. The molecule has 0 fully saturated rings. The molecule has 4 aromatic rings. The number of pyridine rings is 1. The Kier molecular flexibility index (Phi) is 7.43. The number of rotatable bonds is 7. The number of carbonyl (C=O) groups is 1. The number of thiophene rings is 1. The summed E-state index contributed by atoms with van der Waals surface area (Å²) in [6.45, 7) is 1.72. The van der Waals surface area contributed by atoms with E-state index in [1.165, 1.54) is 47.5 Å². The van der Waals surface area contributed by atoms with Crippen molar-refractivity contribution in [1.82, 2.24) is 15.0 Å². The SMILES string of the molecule is Cc1cc(=O)[nH]c(Sc2ccc([N+](=O)[O-])cc2C=Nc2sc3c(c2C(=O)Nc2cccnc2)CCCC3)n1. The number of benzene rings is 1. The van der Waals surface area contributed by atoms with E-state index >= 15 is 0 Å². The van der Waals surface area contributed by atoms with Gasteiger partial charge in [-0.25, -0.2) is 9.98 Å². The minimum Gasteiger partial charge on any atom is -0.320 e. The number of H-pyrrole nitrogens is 1. The highest BCUT2D eigenvalue weighted by Crippen LogP contribution is 2.40. The molecule has 3 aromatic heterocycles. The Labute approximate surface area is 225 Å². The van der Waals surface area contributed by atoms with Gasteiger partial charge in [-0.2, -0.15) is 0 Å². The zero-order valence-electron chi connectivity index (χ0n) is 20.3. The van der Waals surface area contributed by atoms with E-state index in [1.54, 1.807) is 37.5 Å². The Hall–Kier alpha value is -4.16. The van der Waals surface area contributed by atoms with Gasteiger partial charge in [0.15, 0.2) is 5.16 Å². The van der Waals surface area contributed by atoms with Crippen LogP contribution in [0.1, 0.15) is 44.9 Å². The molecule has 0 aliphatic heterocycles. The van der Waals surface area contributed by atoms with Gasteiger partial charge in [0.05, 0.1) is 22.4 Å². The van der Waals surface area contributed by atoms with E-state index in [-0.39, 0.29) is 17.2 Å². The van der Waals surface area contributed by atoms with Gasteiger partial charge in [-0.3, -0.25) is 24.7 Å². The number of fused-ring (bicyclic) bond motifs is 1. The number of non-ortho nitro benzene ring substituents is 1. The summed E-state index contributed by atoms with van der Waals surface area (Å²) < 4.78 is 0. The number of amides is 1. The second-order valence-electron chi connectivity index (χ2n) is 8.62. The maximum atomic E-state index is 13.4. The van der Waals surface area contributed by atoms with E-state index in [0.29, 0.717) is 37.6 Å². The minimum absolute atomic E-state index is 0.0958. The first-order valence-electron chi connectivity index (χ1n) is 11.8. The van der Waals surface area contributed by atoms with Gasteiger partial charge in [-0.05, 0) is 56.4 Å². The van der Waals surface area contributed by atoms with Crippen molar-refractivity contribution < 1.29 is 9.72 Å². The maximum Gasteiger partial charge on any atom is 0.270 e. The molecular formula is C26H22N6O4S2. The van der Waals surface area contributed by atoms with Crippen molar-refractivity contribution in [1.29, 1.82) is 0 Å². The third-order valence-electron chi connectivity index (χ3n) is 5.88. The number of nitro groups is 1. The summed E-state index contributed by atoms with van der Waals surface area (Å²) in [5.74, 6) is -0.264. The average molecular weight is 547 g/mol. The molecule has 0 radical (unpaired) electrons. The van der Waals surface area contributed by atoms with E-state index in [0.717, 1.165) is 36.1 Å². The number of hydrogen-bond donors (Lipinski definition) is 2. The number of aliphatic imine (C=N–C) groups is 1. The summed E-state index contributed by atoms with van der Waals surface area (Å²) in [6.07, 6.45) is 8.46. The summed E-state index contributed by atoms with van der Waals surface area (Å²) in [5.41, 5.74) is 2.76. The van der Waals surface area contributed by atoms with Crippen LogP contribution in [0.15, 0.2) is 68.6 Å². The van der Waals surface area contributed by atoms with E-state index in [1.807, 2.05) is 0 Å². The number of aromatic amines is 1. The highest BCUT2D eigenvalue weighted by Gasteiger charge is 2.25. The first kappa shape index (κ1) is 25.5. The van der Waals surface area contributed by atoms with Crippen LogP contribution in [-0.2, 0) is 12.8 Å². The maximum absolute atomic E-state index is 13.4. The van der Waals surface area contributed by atoms with Gasteiger partial charge in [0, 0.05) is 51.6 Å². The molecule has 0 atom stereocenters. The molecule has 1 aliphatic rings. The molecule has 0 bridgehead atoms. The Balaban J connectivity index is 1.53. The number of nitro benzene ring substituents is 1. The number of aromatic nitrogens is 3. The number of aryl methyl sites for hydroxylation is 2. The fraction of sp³-hybridized carbons (Fsp3) is 0.192. The van der Waals surface area contributed by atoms with Crippen molar-refractivity contribution in [3.05, 3.63) is 96.5 Å². The molecular weight excluding hydrogens is 524 g/mol. The van der Waals surface area contributed by atoms with Gasteiger partial charge in [0.25, 0.3) is 17.2 Å². The molecule has 1 aromatic carbocycles. The molecule has 38 heavy (non-hydrogen) atoms. The molecule has 0 saturated carbocycles. The van der Waals surface area contributed by atoms with Crippen LogP contribution in [0.5, 0.6) is 0 Å². The quantitative estimate of drug-likeness (QED) is 0.135. The van der Waals surface area contributed by atoms with Crippen molar-refractivity contribution >= 4 is 51.6 Å². The van der Waals surface area contributed by atoms with E-state index in [4.69, 9.17) is 0 Å². The first-order valence-corrected chi connectivity index (χ1v) is 13.4. The Bertz CT molecular complexity index is 1610. The standard InChI is InChI=1S/C26H22N6O4S2/c1-15-11-22(33)31-26(29-15)38-20-9-8-18(32(35)36)12-16(20)13-28-25-23(19-6-2-3-7-21(19)37-25)24(34)30-17-5-4-10-27-14-17/h4-5,8-14H,2-3,6-7H2,1H3,(H,30,34)(H,29,31,33). The first-order chi connectivity index (χ1) is 18.4. The smallest absolute Gasteiger partial charge is 0.270 e. The molecule has 2 N–H and O–H groups in total. The molecule has 3 heterocycles. The van der Waals surface area contributed by atoms with Crippen LogP contribution in [0.25, 0.3) is 0 Å². The van der Waals surface area contributed by atoms with E-state index < -0.39 is 4.92 Å². The highest BCUT2D eigenvalue weighted by molar-refractivity contribution is 7.99. The van der Waals surface area contributed by atoms with Crippen molar-refractivity contribution in [2.75, 3.05) is 5.32 Å². The second kappa shape index (κ2) is 11.1. The van der Waals surface area contributed by atoms with Gasteiger partial charge in [0.2, 0.25) is 0 Å². The fourth-order valence-electron chi connectivity index (χ4n) is 4.18. The lowest BCUT2D eigenvalue weighted by atomic mass is 9.95. The summed E-state index contributed by atoms with van der Waals surface area (Å²) in [5, 5.41) is 15.3. The third kappa shape index (κ3) is 5.71. The predicted molar refractivity (Wildman–Crippen MR) is 147 cm³/mol. The van der Waals surface area contributed by atoms with Gasteiger partial charge in [-0.15, -0.1) is 11.3 Å². The van der Waals surface area contributed by atoms with Crippen molar-refractivity contribution in [2.24, 2.45) is 4.99 Å². The van der Waals surface area contributed by atoms with Crippen LogP contribution in [-0.4, -0.2) is 32.0 Å². The molecule has 0 spiro atoms.